The third-order valence-corrected chi connectivity index (χ3v) is 3.96. The molecule has 100 valence electrons. The van der Waals surface area contributed by atoms with E-state index in [0.717, 1.165) is 10.0 Å². The Bertz CT molecular complexity index is 536. The van der Waals surface area contributed by atoms with Crippen LogP contribution in [0.2, 0.25) is 5.02 Å². The minimum absolute atomic E-state index is 0.0493. The van der Waals surface area contributed by atoms with Gasteiger partial charge in [-0.2, -0.15) is 0 Å². The first-order valence-electron chi connectivity index (χ1n) is 5.91. The van der Waals surface area contributed by atoms with Crippen LogP contribution in [0, 0.1) is 5.82 Å². The lowest BCUT2D eigenvalue weighted by Gasteiger charge is -2.16. The number of hydrogen-bond donors (Lipinski definition) is 1. The summed E-state index contributed by atoms with van der Waals surface area (Å²) < 4.78 is 14.7. The fourth-order valence-electron chi connectivity index (χ4n) is 2.00. The molecular weight excluding hydrogens is 331 g/mol. The number of benzene rings is 2. The Morgan fingerprint density at radius 3 is 2.42 bits per heavy atom. The smallest absolute Gasteiger partial charge is 0.127 e. The Kier molecular flexibility index (Phi) is 4.97. The number of halogens is 3. The van der Waals surface area contributed by atoms with E-state index in [1.165, 1.54) is 6.07 Å². The van der Waals surface area contributed by atoms with Gasteiger partial charge in [0.1, 0.15) is 5.82 Å². The Balaban J connectivity index is 2.26. The van der Waals surface area contributed by atoms with Gasteiger partial charge in [0.05, 0.1) is 6.61 Å². The molecule has 0 heterocycles. The number of aliphatic hydroxyl groups excluding tert-OH is 1. The summed E-state index contributed by atoms with van der Waals surface area (Å²) in [7, 11) is 0. The minimum Gasteiger partial charge on any atom is -0.396 e. The van der Waals surface area contributed by atoms with Gasteiger partial charge >= 0.3 is 0 Å². The minimum atomic E-state index is -0.330. The van der Waals surface area contributed by atoms with Crippen LogP contribution in [0.5, 0.6) is 0 Å². The van der Waals surface area contributed by atoms with Crippen molar-refractivity contribution in [1.82, 2.24) is 0 Å². The Labute approximate surface area is 125 Å². The normalized spacial score (nSPS) is 12.4. The van der Waals surface area contributed by atoms with Gasteiger partial charge in [0.15, 0.2) is 0 Å². The van der Waals surface area contributed by atoms with Crippen LogP contribution in [0.3, 0.4) is 0 Å². The lowest BCUT2D eigenvalue weighted by atomic mass is 9.92. The molecule has 0 bridgehead atoms. The Morgan fingerprint density at radius 1 is 1.16 bits per heavy atom. The van der Waals surface area contributed by atoms with Crippen LogP contribution in [0.4, 0.5) is 4.39 Å². The maximum Gasteiger partial charge on any atom is 0.127 e. The second kappa shape index (κ2) is 6.51. The van der Waals surface area contributed by atoms with Gasteiger partial charge in [-0.1, -0.05) is 45.7 Å². The predicted molar refractivity (Wildman–Crippen MR) is 79.1 cm³/mol. The van der Waals surface area contributed by atoms with Gasteiger partial charge in [-0.25, -0.2) is 4.39 Å². The van der Waals surface area contributed by atoms with Crippen molar-refractivity contribution in [1.29, 1.82) is 0 Å². The first-order valence-corrected chi connectivity index (χ1v) is 7.08. The third kappa shape index (κ3) is 3.56. The average molecular weight is 344 g/mol. The van der Waals surface area contributed by atoms with E-state index in [1.807, 2.05) is 24.3 Å². The molecule has 2 aromatic rings. The maximum atomic E-state index is 13.8. The highest BCUT2D eigenvalue weighted by molar-refractivity contribution is 9.10. The van der Waals surface area contributed by atoms with E-state index in [1.54, 1.807) is 12.1 Å². The first kappa shape index (κ1) is 14.5. The van der Waals surface area contributed by atoms with Crippen molar-refractivity contribution < 1.29 is 9.50 Å². The lowest BCUT2D eigenvalue weighted by Crippen LogP contribution is -2.09. The molecular formula is C15H13BrClFO. The monoisotopic (exact) mass is 342 g/mol. The maximum absolute atomic E-state index is 13.8. The van der Waals surface area contributed by atoms with E-state index in [-0.39, 0.29) is 18.3 Å². The predicted octanol–water partition coefficient (Wildman–Crippen LogP) is 4.56. The fraction of sp³-hybridized carbons (Fsp3) is 0.200. The molecule has 1 unspecified atom stereocenters. The van der Waals surface area contributed by atoms with Crippen molar-refractivity contribution in [2.24, 2.45) is 0 Å². The molecule has 0 aliphatic carbocycles. The second-order valence-electron chi connectivity index (χ2n) is 4.34. The van der Waals surface area contributed by atoms with Crippen LogP contribution >= 0.6 is 27.5 Å². The van der Waals surface area contributed by atoms with Crippen LogP contribution in [0.25, 0.3) is 0 Å². The van der Waals surface area contributed by atoms with Gasteiger partial charge in [0, 0.05) is 21.0 Å². The Morgan fingerprint density at radius 2 is 1.84 bits per heavy atom. The summed E-state index contributed by atoms with van der Waals surface area (Å²) in [5.41, 5.74) is 1.41. The zero-order valence-corrected chi connectivity index (χ0v) is 12.5. The van der Waals surface area contributed by atoms with Crippen LogP contribution in [0.1, 0.15) is 17.0 Å². The lowest BCUT2D eigenvalue weighted by molar-refractivity contribution is 0.263. The Hall–Kier alpha value is -0.900. The molecule has 0 saturated heterocycles. The quantitative estimate of drug-likeness (QED) is 0.863. The van der Waals surface area contributed by atoms with E-state index in [2.05, 4.69) is 15.9 Å². The van der Waals surface area contributed by atoms with Crippen molar-refractivity contribution in [3.8, 4) is 0 Å². The van der Waals surface area contributed by atoms with Crippen LogP contribution < -0.4 is 0 Å². The topological polar surface area (TPSA) is 20.2 Å². The zero-order valence-electron chi connectivity index (χ0n) is 10.1. The van der Waals surface area contributed by atoms with Crippen molar-refractivity contribution in [3.05, 3.63) is 68.9 Å². The molecule has 0 aliphatic heterocycles. The molecule has 0 spiro atoms. The summed E-state index contributed by atoms with van der Waals surface area (Å²) >= 11 is 9.38. The molecule has 0 radical (unpaired) electrons. The molecule has 1 atom stereocenters. The van der Waals surface area contributed by atoms with Crippen molar-refractivity contribution >= 4 is 27.5 Å². The van der Waals surface area contributed by atoms with Crippen molar-refractivity contribution in [2.45, 2.75) is 12.3 Å². The number of rotatable bonds is 4. The van der Waals surface area contributed by atoms with Crippen LogP contribution in [-0.2, 0) is 6.42 Å². The number of hydrogen-bond acceptors (Lipinski definition) is 1. The van der Waals surface area contributed by atoms with Crippen molar-refractivity contribution in [2.75, 3.05) is 6.61 Å². The standard InChI is InChI=1S/C15H13BrClFO/c16-12-6-4-10(5-7-12)11(9-19)8-13-14(17)2-1-3-15(13)18/h1-7,11,19H,8-9H2. The van der Waals surface area contributed by atoms with Gasteiger partial charge in [-0.15, -0.1) is 0 Å². The molecule has 0 amide bonds. The van der Waals surface area contributed by atoms with Crippen molar-refractivity contribution in [3.63, 3.8) is 0 Å². The van der Waals surface area contributed by atoms with E-state index in [0.29, 0.717) is 17.0 Å². The summed E-state index contributed by atoms with van der Waals surface area (Å²) in [6, 6.07) is 12.3. The SMILES string of the molecule is OCC(Cc1c(F)cccc1Cl)c1ccc(Br)cc1. The highest BCUT2D eigenvalue weighted by Crippen LogP contribution is 2.27. The average Bonchev–Trinajstić information content (AvgIpc) is 2.40. The molecule has 2 rings (SSSR count). The molecule has 1 nitrogen and oxygen atoms in total. The van der Waals surface area contributed by atoms with Gasteiger partial charge in [-0.3, -0.25) is 0 Å². The van der Waals surface area contributed by atoms with E-state index >= 15 is 0 Å². The second-order valence-corrected chi connectivity index (χ2v) is 5.66. The largest absolute Gasteiger partial charge is 0.396 e. The van der Waals surface area contributed by atoms with Gasteiger partial charge in [0.25, 0.3) is 0 Å². The van der Waals surface area contributed by atoms with Gasteiger partial charge < -0.3 is 5.11 Å². The molecule has 4 heteroatoms. The first-order chi connectivity index (χ1) is 9.11. The zero-order chi connectivity index (χ0) is 13.8. The number of aliphatic hydroxyl groups is 1. The molecule has 0 fully saturated rings. The highest BCUT2D eigenvalue weighted by Gasteiger charge is 2.16. The highest BCUT2D eigenvalue weighted by atomic mass is 79.9. The third-order valence-electron chi connectivity index (χ3n) is 3.07. The van der Waals surface area contributed by atoms with Crippen LogP contribution in [0.15, 0.2) is 46.9 Å². The molecule has 0 saturated carbocycles. The van der Waals surface area contributed by atoms with Gasteiger partial charge in [0.2, 0.25) is 0 Å². The molecule has 19 heavy (non-hydrogen) atoms. The molecule has 0 aliphatic rings. The summed E-state index contributed by atoms with van der Waals surface area (Å²) in [4.78, 5) is 0. The molecule has 1 N–H and O–H groups in total. The fourth-order valence-corrected chi connectivity index (χ4v) is 2.50. The molecule has 0 aromatic heterocycles. The van der Waals surface area contributed by atoms with Gasteiger partial charge in [-0.05, 0) is 36.2 Å². The summed E-state index contributed by atoms with van der Waals surface area (Å²) in [5, 5.41) is 9.91. The van der Waals surface area contributed by atoms with E-state index in [9.17, 15) is 9.50 Å². The summed E-state index contributed by atoms with van der Waals surface area (Å²) in [6.45, 7) is -0.0493. The van der Waals surface area contributed by atoms with Crippen LogP contribution in [-0.4, -0.2) is 11.7 Å². The van der Waals surface area contributed by atoms with E-state index < -0.39 is 0 Å². The van der Waals surface area contributed by atoms with E-state index in [4.69, 9.17) is 11.6 Å². The molecule has 2 aromatic carbocycles. The summed E-state index contributed by atoms with van der Waals surface area (Å²) in [5.74, 6) is -0.495. The summed E-state index contributed by atoms with van der Waals surface area (Å²) in [6.07, 6.45) is 0.379.